The van der Waals surface area contributed by atoms with Gasteiger partial charge in [0.2, 0.25) is 0 Å². The Hall–Kier alpha value is -2.80. The van der Waals surface area contributed by atoms with Gasteiger partial charge in [0, 0.05) is 11.3 Å². The molecule has 25 heavy (non-hydrogen) atoms. The number of alkyl halides is 3. The van der Waals surface area contributed by atoms with Gasteiger partial charge in [0.15, 0.2) is 0 Å². The summed E-state index contributed by atoms with van der Waals surface area (Å²) in [4.78, 5) is 12.2. The zero-order valence-electron chi connectivity index (χ0n) is 12.6. The van der Waals surface area contributed by atoms with Crippen molar-refractivity contribution in [3.05, 3.63) is 70.9 Å². The fraction of sp³-hybridized carbons (Fsp3) is 0.0588. The molecule has 8 heteroatoms. The average Bonchev–Trinajstić information content (AvgIpc) is 3.05. The number of hydrogen-bond acceptors (Lipinski definition) is 2. The van der Waals surface area contributed by atoms with Gasteiger partial charge in [-0.3, -0.25) is 9.89 Å². The van der Waals surface area contributed by atoms with Gasteiger partial charge in [-0.1, -0.05) is 29.8 Å². The molecule has 2 aromatic carbocycles. The molecule has 128 valence electrons. The summed E-state index contributed by atoms with van der Waals surface area (Å²) in [6.07, 6.45) is -4.42. The number of nitrogens with zero attached hydrogens (tertiary/aromatic N) is 1. The highest BCUT2D eigenvalue weighted by atomic mass is 35.5. The van der Waals surface area contributed by atoms with Crippen LogP contribution in [0.4, 0.5) is 18.9 Å². The van der Waals surface area contributed by atoms with Crippen LogP contribution >= 0.6 is 11.6 Å². The van der Waals surface area contributed by atoms with E-state index in [4.69, 9.17) is 11.6 Å². The van der Waals surface area contributed by atoms with E-state index in [9.17, 15) is 18.0 Å². The lowest BCUT2D eigenvalue weighted by Gasteiger charge is -2.08. The number of carbonyl (C=O) groups excluding carboxylic acids is 1. The quantitative estimate of drug-likeness (QED) is 0.686. The van der Waals surface area contributed by atoms with E-state index in [2.05, 4.69) is 15.5 Å². The maximum atomic E-state index is 12.5. The summed E-state index contributed by atoms with van der Waals surface area (Å²) in [5.41, 5.74) is 0.770. The Morgan fingerprint density at radius 1 is 1.08 bits per heavy atom. The summed E-state index contributed by atoms with van der Waals surface area (Å²) >= 11 is 6.08. The average molecular weight is 366 g/mol. The van der Waals surface area contributed by atoms with Crippen molar-refractivity contribution in [2.24, 2.45) is 0 Å². The summed E-state index contributed by atoms with van der Waals surface area (Å²) in [5.74, 6) is -0.523. The molecule has 0 spiro atoms. The van der Waals surface area contributed by atoms with Crippen LogP contribution in [-0.2, 0) is 6.18 Å². The van der Waals surface area contributed by atoms with Gasteiger partial charge >= 0.3 is 6.18 Å². The Bertz CT molecular complexity index is 904. The molecule has 0 saturated carbocycles. The number of aromatic amines is 1. The Morgan fingerprint density at radius 2 is 1.76 bits per heavy atom. The molecular weight excluding hydrogens is 355 g/mol. The van der Waals surface area contributed by atoms with E-state index in [0.717, 1.165) is 12.1 Å². The van der Waals surface area contributed by atoms with Gasteiger partial charge in [-0.2, -0.15) is 18.3 Å². The van der Waals surface area contributed by atoms with Gasteiger partial charge in [-0.25, -0.2) is 0 Å². The van der Waals surface area contributed by atoms with Crippen LogP contribution in [0.2, 0.25) is 5.02 Å². The van der Waals surface area contributed by atoms with Crippen molar-refractivity contribution in [1.82, 2.24) is 10.2 Å². The number of amides is 1. The summed E-state index contributed by atoms with van der Waals surface area (Å²) in [6.45, 7) is 0. The molecule has 1 heterocycles. The third-order valence-electron chi connectivity index (χ3n) is 3.44. The third-order valence-corrected chi connectivity index (χ3v) is 3.77. The lowest BCUT2D eigenvalue weighted by molar-refractivity contribution is -0.137. The molecule has 2 N–H and O–H groups in total. The smallest absolute Gasteiger partial charge is 0.321 e. The van der Waals surface area contributed by atoms with Crippen LogP contribution in [0.1, 0.15) is 16.1 Å². The van der Waals surface area contributed by atoms with E-state index >= 15 is 0 Å². The minimum Gasteiger partial charge on any atom is -0.321 e. The second kappa shape index (κ2) is 6.60. The number of aromatic nitrogens is 2. The van der Waals surface area contributed by atoms with Crippen molar-refractivity contribution >= 4 is 23.2 Å². The number of benzene rings is 2. The van der Waals surface area contributed by atoms with Gasteiger partial charge in [0.05, 0.1) is 16.3 Å². The minimum atomic E-state index is -4.42. The van der Waals surface area contributed by atoms with E-state index in [-0.39, 0.29) is 11.4 Å². The molecule has 0 aliphatic rings. The van der Waals surface area contributed by atoms with Crippen molar-refractivity contribution < 1.29 is 18.0 Å². The Labute approximate surface area is 145 Å². The van der Waals surface area contributed by atoms with Gasteiger partial charge in [-0.05, 0) is 36.4 Å². The predicted octanol–water partition coefficient (Wildman–Crippen LogP) is 5.00. The normalized spacial score (nSPS) is 11.4. The van der Waals surface area contributed by atoms with Crippen LogP contribution in [0.3, 0.4) is 0 Å². The topological polar surface area (TPSA) is 57.8 Å². The molecule has 0 aliphatic heterocycles. The zero-order valence-corrected chi connectivity index (χ0v) is 13.3. The molecule has 0 fully saturated rings. The molecule has 0 atom stereocenters. The first-order valence-electron chi connectivity index (χ1n) is 7.13. The van der Waals surface area contributed by atoms with E-state index in [1.807, 2.05) is 0 Å². The fourth-order valence-corrected chi connectivity index (χ4v) is 2.42. The van der Waals surface area contributed by atoms with Gasteiger partial charge in [0.1, 0.15) is 5.69 Å². The second-order valence-corrected chi connectivity index (χ2v) is 5.58. The van der Waals surface area contributed by atoms with E-state index in [1.165, 1.54) is 18.2 Å². The zero-order chi connectivity index (χ0) is 18.0. The predicted molar refractivity (Wildman–Crippen MR) is 88.4 cm³/mol. The van der Waals surface area contributed by atoms with Gasteiger partial charge in [0.25, 0.3) is 5.91 Å². The first-order valence-corrected chi connectivity index (χ1v) is 7.51. The van der Waals surface area contributed by atoms with Crippen molar-refractivity contribution in [2.45, 2.75) is 6.18 Å². The maximum absolute atomic E-state index is 12.5. The van der Waals surface area contributed by atoms with Crippen LogP contribution in [-0.4, -0.2) is 16.1 Å². The van der Waals surface area contributed by atoms with Gasteiger partial charge in [-0.15, -0.1) is 0 Å². The summed E-state index contributed by atoms with van der Waals surface area (Å²) < 4.78 is 37.6. The van der Waals surface area contributed by atoms with Crippen LogP contribution in [0.15, 0.2) is 54.6 Å². The van der Waals surface area contributed by atoms with Gasteiger partial charge < -0.3 is 5.32 Å². The number of anilines is 1. The molecule has 4 nitrogen and oxygen atoms in total. The highest BCUT2D eigenvalue weighted by molar-refractivity contribution is 6.33. The van der Waals surface area contributed by atoms with E-state index < -0.39 is 17.6 Å². The number of hydrogen-bond donors (Lipinski definition) is 2. The molecule has 0 aliphatic carbocycles. The van der Waals surface area contributed by atoms with Crippen molar-refractivity contribution in [1.29, 1.82) is 0 Å². The Morgan fingerprint density at radius 3 is 2.40 bits per heavy atom. The fourth-order valence-electron chi connectivity index (χ4n) is 2.19. The molecular formula is C17H11ClF3N3O. The highest BCUT2D eigenvalue weighted by Gasteiger charge is 2.30. The third kappa shape index (κ3) is 3.83. The van der Waals surface area contributed by atoms with E-state index in [1.54, 1.807) is 24.3 Å². The van der Waals surface area contributed by atoms with Crippen LogP contribution in [0.25, 0.3) is 11.3 Å². The van der Waals surface area contributed by atoms with Crippen LogP contribution in [0.5, 0.6) is 0 Å². The first kappa shape index (κ1) is 17.0. The first-order chi connectivity index (χ1) is 11.8. The van der Waals surface area contributed by atoms with Crippen molar-refractivity contribution in [2.75, 3.05) is 5.32 Å². The molecule has 0 bridgehead atoms. The minimum absolute atomic E-state index is 0.162. The highest BCUT2D eigenvalue weighted by Crippen LogP contribution is 2.30. The monoisotopic (exact) mass is 365 g/mol. The second-order valence-electron chi connectivity index (χ2n) is 5.18. The SMILES string of the molecule is O=C(Nc1ccc(C(F)(F)F)cc1)c1cc(-c2ccccc2Cl)n[nH]1. The van der Waals surface area contributed by atoms with E-state index in [0.29, 0.717) is 16.3 Å². The molecule has 3 aromatic rings. The number of H-pyrrole nitrogens is 1. The molecule has 0 unspecified atom stereocenters. The molecule has 3 rings (SSSR count). The number of halogens is 4. The summed E-state index contributed by atoms with van der Waals surface area (Å²) in [6, 6.07) is 12.7. The number of rotatable bonds is 3. The van der Waals surface area contributed by atoms with Crippen molar-refractivity contribution in [3.8, 4) is 11.3 Å². The molecule has 1 aromatic heterocycles. The molecule has 0 radical (unpaired) electrons. The Balaban J connectivity index is 1.75. The summed E-state index contributed by atoms with van der Waals surface area (Å²) in [7, 11) is 0. The standard InChI is InChI=1S/C17H11ClF3N3O/c18-13-4-2-1-3-12(13)14-9-15(24-23-14)16(25)22-11-7-5-10(6-8-11)17(19,20)21/h1-9H,(H,22,25)(H,23,24). The van der Waals surface area contributed by atoms with Crippen LogP contribution in [0, 0.1) is 0 Å². The molecule has 1 amide bonds. The Kier molecular flexibility index (Phi) is 4.50. The summed E-state index contributed by atoms with van der Waals surface area (Å²) in [5, 5.41) is 9.62. The number of carbonyl (C=O) groups is 1. The lowest BCUT2D eigenvalue weighted by Crippen LogP contribution is -2.12. The largest absolute Gasteiger partial charge is 0.416 e. The molecule has 0 saturated heterocycles. The van der Waals surface area contributed by atoms with Crippen LogP contribution < -0.4 is 5.32 Å². The van der Waals surface area contributed by atoms with Crippen molar-refractivity contribution in [3.63, 3.8) is 0 Å². The lowest BCUT2D eigenvalue weighted by atomic mass is 10.1. The maximum Gasteiger partial charge on any atom is 0.416 e. The number of nitrogens with one attached hydrogen (secondary N) is 2.